The van der Waals surface area contributed by atoms with Crippen LogP contribution < -0.4 is 0 Å². The smallest absolute Gasteiger partial charge is 0.370 e. The van der Waals surface area contributed by atoms with Gasteiger partial charge in [-0.3, -0.25) is 14.4 Å². The lowest BCUT2D eigenvalue weighted by Gasteiger charge is -2.16. The van der Waals surface area contributed by atoms with Crippen LogP contribution in [0.15, 0.2) is 0 Å². The number of amides is 3. The van der Waals surface area contributed by atoms with Crippen LogP contribution in [-0.2, 0) is 33.6 Å². The molecule has 0 spiro atoms. The molecule has 0 saturated carbocycles. The lowest BCUT2D eigenvalue weighted by molar-refractivity contribution is -0.215. The van der Waals surface area contributed by atoms with Gasteiger partial charge in [0, 0.05) is 37.5 Å². The lowest BCUT2D eigenvalue weighted by atomic mass is 10.4. The maximum atomic E-state index is 11.3. The predicted molar refractivity (Wildman–Crippen MR) is 63.1 cm³/mol. The van der Waals surface area contributed by atoms with E-state index >= 15 is 0 Å². The highest BCUT2D eigenvalue weighted by Gasteiger charge is 2.33. The molecule has 1 atom stereocenters. The van der Waals surface area contributed by atoms with Crippen LogP contribution in [0, 0.1) is 11.8 Å². The Hall–Kier alpha value is -2.93. The Kier molecular flexibility index (Phi) is 4.38. The molecule has 0 bridgehead atoms. The van der Waals surface area contributed by atoms with Crippen LogP contribution in [-0.4, -0.2) is 51.1 Å². The Morgan fingerprint density at radius 3 is 2.00 bits per heavy atom. The molecule has 0 aromatic heterocycles. The Morgan fingerprint density at radius 2 is 1.50 bits per heavy atom. The average Bonchev–Trinajstić information content (AvgIpc) is 2.95. The molecule has 2 fully saturated rings. The van der Waals surface area contributed by atoms with Crippen molar-refractivity contribution >= 4 is 29.7 Å². The maximum Gasteiger partial charge on any atom is 0.409 e. The van der Waals surface area contributed by atoms with Gasteiger partial charge in [-0.2, -0.15) is 0 Å². The van der Waals surface area contributed by atoms with Crippen molar-refractivity contribution in [1.29, 1.82) is 0 Å². The minimum atomic E-state index is -1.31. The number of hydroxylamine groups is 4. The third-order valence-corrected chi connectivity index (χ3v) is 2.76. The molecule has 3 amide bonds. The number of aliphatic hydroxyl groups excluding tert-OH is 1. The average molecular weight is 310 g/mol. The molecule has 1 N–H and O–H groups in total. The summed E-state index contributed by atoms with van der Waals surface area (Å²) in [4.78, 5) is 65.0. The van der Waals surface area contributed by atoms with Gasteiger partial charge in [0.1, 0.15) is 0 Å². The lowest BCUT2D eigenvalue weighted by Crippen LogP contribution is -2.35. The van der Waals surface area contributed by atoms with Crippen molar-refractivity contribution in [1.82, 2.24) is 10.1 Å². The topological polar surface area (TPSA) is 131 Å². The van der Waals surface area contributed by atoms with E-state index in [2.05, 4.69) is 9.68 Å². The molecule has 2 aliphatic rings. The number of carbonyl (C=O) groups excluding carboxylic acids is 5. The van der Waals surface area contributed by atoms with Crippen molar-refractivity contribution in [2.75, 3.05) is 0 Å². The van der Waals surface area contributed by atoms with Gasteiger partial charge in [0.25, 0.3) is 17.7 Å². The third-order valence-electron chi connectivity index (χ3n) is 2.76. The van der Waals surface area contributed by atoms with Crippen LogP contribution >= 0.6 is 0 Å². The Labute approximate surface area is 123 Å². The standard InChI is InChI=1S/C12H10N2O8/c15-7-1-2-8(16)13(7)21-11(19)5-6-12(20)22-14-9(17)3-4-10(14)18/h7,15H,1-4H2. The largest absolute Gasteiger partial charge is 0.409 e. The minimum absolute atomic E-state index is 0.0170. The third kappa shape index (κ3) is 3.39. The van der Waals surface area contributed by atoms with Crippen molar-refractivity contribution < 1.29 is 38.8 Å². The summed E-state index contributed by atoms with van der Waals surface area (Å²) in [6.45, 7) is 0. The van der Waals surface area contributed by atoms with E-state index in [0.29, 0.717) is 5.06 Å². The molecule has 0 aliphatic carbocycles. The molecular weight excluding hydrogens is 300 g/mol. The van der Waals surface area contributed by atoms with Crippen LogP contribution in [0.3, 0.4) is 0 Å². The summed E-state index contributed by atoms with van der Waals surface area (Å²) in [5, 5.41) is 10.1. The minimum Gasteiger partial charge on any atom is -0.370 e. The first-order valence-electron chi connectivity index (χ1n) is 6.20. The quantitative estimate of drug-likeness (QED) is 0.457. The van der Waals surface area contributed by atoms with Crippen LogP contribution in [0.5, 0.6) is 0 Å². The number of hydrogen-bond acceptors (Lipinski definition) is 8. The summed E-state index contributed by atoms with van der Waals surface area (Å²) in [6.07, 6.45) is -1.28. The monoisotopic (exact) mass is 310 g/mol. The number of hydrogen-bond donors (Lipinski definition) is 1. The zero-order valence-corrected chi connectivity index (χ0v) is 11.1. The fraction of sp³-hybridized carbons (Fsp3) is 0.417. The van der Waals surface area contributed by atoms with E-state index in [9.17, 15) is 29.1 Å². The second kappa shape index (κ2) is 6.23. The van der Waals surface area contributed by atoms with Gasteiger partial charge in [0.2, 0.25) is 0 Å². The number of rotatable bonds is 2. The fourth-order valence-corrected chi connectivity index (χ4v) is 1.74. The van der Waals surface area contributed by atoms with Crippen molar-refractivity contribution in [3.63, 3.8) is 0 Å². The molecular formula is C12H10N2O8. The second-order valence-electron chi connectivity index (χ2n) is 4.33. The zero-order chi connectivity index (χ0) is 16.3. The molecule has 0 aromatic carbocycles. The van der Waals surface area contributed by atoms with Crippen LogP contribution in [0.4, 0.5) is 0 Å². The summed E-state index contributed by atoms with van der Waals surface area (Å²) in [6, 6.07) is 0. The van der Waals surface area contributed by atoms with Crippen molar-refractivity contribution in [2.24, 2.45) is 0 Å². The molecule has 2 heterocycles. The van der Waals surface area contributed by atoms with Crippen molar-refractivity contribution in [3.05, 3.63) is 0 Å². The SMILES string of the molecule is O=C(C#CC(=O)ON1C(=O)CCC1O)ON1C(=O)CCC1=O. The van der Waals surface area contributed by atoms with Gasteiger partial charge >= 0.3 is 11.9 Å². The molecule has 2 rings (SSSR count). The van der Waals surface area contributed by atoms with Crippen molar-refractivity contribution in [2.45, 2.75) is 31.9 Å². The zero-order valence-electron chi connectivity index (χ0n) is 11.1. The van der Waals surface area contributed by atoms with Crippen LogP contribution in [0.2, 0.25) is 0 Å². The summed E-state index contributed by atoms with van der Waals surface area (Å²) in [7, 11) is 0. The first kappa shape index (κ1) is 15.5. The molecule has 10 nitrogen and oxygen atoms in total. The van der Waals surface area contributed by atoms with E-state index in [1.54, 1.807) is 11.8 Å². The highest BCUT2D eigenvalue weighted by atomic mass is 16.7. The number of nitrogens with zero attached hydrogens (tertiary/aromatic N) is 2. The van der Waals surface area contributed by atoms with Gasteiger partial charge in [0.05, 0.1) is 0 Å². The summed E-state index contributed by atoms with van der Waals surface area (Å²) in [5.41, 5.74) is 0. The second-order valence-corrected chi connectivity index (χ2v) is 4.33. The molecule has 2 saturated heterocycles. The predicted octanol–water partition coefficient (Wildman–Crippen LogP) is -2.00. The molecule has 10 heteroatoms. The molecule has 1 unspecified atom stereocenters. The molecule has 0 aromatic rings. The van der Waals surface area contributed by atoms with E-state index in [4.69, 9.17) is 0 Å². The van der Waals surface area contributed by atoms with E-state index in [-0.39, 0.29) is 30.7 Å². The molecule has 22 heavy (non-hydrogen) atoms. The Bertz CT molecular complexity index is 600. The van der Waals surface area contributed by atoms with Crippen molar-refractivity contribution in [3.8, 4) is 11.8 Å². The van der Waals surface area contributed by atoms with Gasteiger partial charge in [-0.15, -0.1) is 10.1 Å². The fourth-order valence-electron chi connectivity index (χ4n) is 1.74. The first-order valence-corrected chi connectivity index (χ1v) is 6.20. The Balaban J connectivity index is 1.88. The van der Waals surface area contributed by atoms with Gasteiger partial charge in [-0.1, -0.05) is 0 Å². The number of imide groups is 1. The van der Waals surface area contributed by atoms with Gasteiger partial charge in [-0.25, -0.2) is 9.59 Å². The van der Waals surface area contributed by atoms with E-state index in [1.807, 2.05) is 0 Å². The van der Waals surface area contributed by atoms with Crippen LogP contribution in [0.25, 0.3) is 0 Å². The van der Waals surface area contributed by atoms with Crippen LogP contribution in [0.1, 0.15) is 25.7 Å². The maximum absolute atomic E-state index is 11.3. The molecule has 116 valence electrons. The number of aliphatic hydroxyl groups is 1. The van der Waals surface area contributed by atoms with E-state index < -0.39 is 35.9 Å². The van der Waals surface area contributed by atoms with E-state index in [1.165, 1.54) is 0 Å². The highest BCUT2D eigenvalue weighted by molar-refractivity contribution is 6.03. The highest BCUT2D eigenvalue weighted by Crippen LogP contribution is 2.16. The van der Waals surface area contributed by atoms with Gasteiger partial charge in [0.15, 0.2) is 6.23 Å². The van der Waals surface area contributed by atoms with Gasteiger partial charge in [-0.05, 0) is 0 Å². The normalized spacial score (nSPS) is 20.8. The Morgan fingerprint density at radius 1 is 0.955 bits per heavy atom. The summed E-state index contributed by atoms with van der Waals surface area (Å²) < 4.78 is 0. The summed E-state index contributed by atoms with van der Waals surface area (Å²) >= 11 is 0. The van der Waals surface area contributed by atoms with Gasteiger partial charge < -0.3 is 14.8 Å². The molecule has 0 radical (unpaired) electrons. The molecule has 2 aliphatic heterocycles. The van der Waals surface area contributed by atoms with E-state index in [0.717, 1.165) is 0 Å². The summed E-state index contributed by atoms with van der Waals surface area (Å²) in [5.74, 6) is -1.14. The first-order chi connectivity index (χ1) is 10.4. The number of carbonyl (C=O) groups is 5.